The Kier molecular flexibility index (Phi) is 5.60. The number of hydrogen-bond acceptors (Lipinski definition) is 7. The predicted molar refractivity (Wildman–Crippen MR) is 110 cm³/mol. The van der Waals surface area contributed by atoms with Crippen LogP contribution in [-0.2, 0) is 0 Å². The SMILES string of the molecule is CCOc1ccccc1Nc1cc(N2CCN(C(=O)c3ccco3)CC2)ncn1. The van der Waals surface area contributed by atoms with Crippen LogP contribution >= 0.6 is 0 Å². The first kappa shape index (κ1) is 18.8. The molecule has 1 aliphatic rings. The van der Waals surface area contributed by atoms with Crippen molar-refractivity contribution in [2.75, 3.05) is 43.0 Å². The van der Waals surface area contributed by atoms with Crippen LogP contribution in [0.3, 0.4) is 0 Å². The van der Waals surface area contributed by atoms with Crippen LogP contribution in [0.5, 0.6) is 5.75 Å². The van der Waals surface area contributed by atoms with Gasteiger partial charge in [0.25, 0.3) is 5.91 Å². The Balaban J connectivity index is 1.41. The van der Waals surface area contributed by atoms with Gasteiger partial charge in [-0.3, -0.25) is 4.79 Å². The summed E-state index contributed by atoms with van der Waals surface area (Å²) in [5.41, 5.74) is 0.855. The summed E-state index contributed by atoms with van der Waals surface area (Å²) in [6.07, 6.45) is 3.06. The van der Waals surface area contributed by atoms with Crippen LogP contribution in [0.15, 0.2) is 59.5 Å². The lowest BCUT2D eigenvalue weighted by molar-refractivity contribution is 0.0714. The molecule has 0 bridgehead atoms. The molecule has 4 rings (SSSR count). The zero-order chi connectivity index (χ0) is 20.1. The van der Waals surface area contributed by atoms with E-state index < -0.39 is 0 Å². The molecule has 0 saturated carbocycles. The van der Waals surface area contributed by atoms with Gasteiger partial charge in [-0.15, -0.1) is 0 Å². The number of rotatable bonds is 6. The first-order valence-electron chi connectivity index (χ1n) is 9.63. The number of furan rings is 1. The number of piperazine rings is 1. The zero-order valence-electron chi connectivity index (χ0n) is 16.2. The van der Waals surface area contributed by atoms with Gasteiger partial charge in [0.05, 0.1) is 18.6 Å². The van der Waals surface area contributed by atoms with Crippen LogP contribution in [0.2, 0.25) is 0 Å². The largest absolute Gasteiger partial charge is 0.492 e. The van der Waals surface area contributed by atoms with Crippen molar-refractivity contribution in [3.05, 3.63) is 60.8 Å². The van der Waals surface area contributed by atoms with E-state index in [-0.39, 0.29) is 5.91 Å². The average Bonchev–Trinajstić information content (AvgIpc) is 3.30. The van der Waals surface area contributed by atoms with Gasteiger partial charge in [-0.2, -0.15) is 0 Å². The van der Waals surface area contributed by atoms with E-state index in [0.29, 0.717) is 44.4 Å². The Morgan fingerprint density at radius 3 is 2.72 bits per heavy atom. The Hall–Kier alpha value is -3.55. The molecular weight excluding hydrogens is 370 g/mol. The average molecular weight is 393 g/mol. The Morgan fingerprint density at radius 1 is 1.14 bits per heavy atom. The molecule has 0 unspecified atom stereocenters. The summed E-state index contributed by atoms with van der Waals surface area (Å²) in [4.78, 5) is 25.1. The number of benzene rings is 1. The molecule has 1 saturated heterocycles. The minimum atomic E-state index is -0.0766. The quantitative estimate of drug-likeness (QED) is 0.689. The van der Waals surface area contributed by atoms with Gasteiger partial charge in [-0.05, 0) is 31.2 Å². The van der Waals surface area contributed by atoms with Crippen LogP contribution in [0.25, 0.3) is 0 Å². The summed E-state index contributed by atoms with van der Waals surface area (Å²) < 4.78 is 10.9. The summed E-state index contributed by atoms with van der Waals surface area (Å²) >= 11 is 0. The fourth-order valence-electron chi connectivity index (χ4n) is 3.27. The van der Waals surface area contributed by atoms with Gasteiger partial charge >= 0.3 is 0 Å². The molecule has 0 spiro atoms. The lowest BCUT2D eigenvalue weighted by Crippen LogP contribution is -2.49. The van der Waals surface area contributed by atoms with Crippen LogP contribution in [0.4, 0.5) is 17.3 Å². The number of amides is 1. The van der Waals surface area contributed by atoms with Gasteiger partial charge in [0.15, 0.2) is 5.76 Å². The third-order valence-electron chi connectivity index (χ3n) is 4.73. The van der Waals surface area contributed by atoms with Gasteiger partial charge in [0.1, 0.15) is 23.7 Å². The second-order valence-corrected chi connectivity index (χ2v) is 6.57. The summed E-state index contributed by atoms with van der Waals surface area (Å²) in [6, 6.07) is 13.1. The number of nitrogens with one attached hydrogen (secondary N) is 1. The highest BCUT2D eigenvalue weighted by Gasteiger charge is 2.24. The molecule has 3 aromatic rings. The number of carbonyl (C=O) groups excluding carboxylic acids is 1. The number of aromatic nitrogens is 2. The van der Waals surface area contributed by atoms with Crippen molar-refractivity contribution in [2.45, 2.75) is 6.92 Å². The number of hydrogen-bond donors (Lipinski definition) is 1. The molecule has 8 heteroatoms. The molecule has 1 fully saturated rings. The van der Waals surface area contributed by atoms with Crippen LogP contribution in [-0.4, -0.2) is 53.6 Å². The maximum atomic E-state index is 12.4. The van der Waals surface area contributed by atoms with Gasteiger partial charge in [-0.25, -0.2) is 9.97 Å². The van der Waals surface area contributed by atoms with E-state index in [2.05, 4.69) is 20.2 Å². The highest BCUT2D eigenvalue weighted by molar-refractivity contribution is 5.91. The van der Waals surface area contributed by atoms with Crippen LogP contribution < -0.4 is 15.0 Å². The van der Waals surface area contributed by atoms with E-state index in [1.807, 2.05) is 37.3 Å². The summed E-state index contributed by atoms with van der Waals surface area (Å²) in [5, 5.41) is 3.30. The Morgan fingerprint density at radius 2 is 1.97 bits per heavy atom. The number of ether oxygens (including phenoxy) is 1. The van der Waals surface area contributed by atoms with E-state index in [1.54, 1.807) is 23.4 Å². The van der Waals surface area contributed by atoms with E-state index >= 15 is 0 Å². The highest BCUT2D eigenvalue weighted by atomic mass is 16.5. The molecule has 1 N–H and O–H groups in total. The van der Waals surface area contributed by atoms with Crippen molar-refractivity contribution in [3.8, 4) is 5.75 Å². The van der Waals surface area contributed by atoms with Gasteiger partial charge in [0, 0.05) is 32.2 Å². The third-order valence-corrected chi connectivity index (χ3v) is 4.73. The molecule has 2 aromatic heterocycles. The second-order valence-electron chi connectivity index (χ2n) is 6.57. The summed E-state index contributed by atoms with van der Waals surface area (Å²) in [5.74, 6) is 2.59. The van der Waals surface area contributed by atoms with Crippen molar-refractivity contribution >= 4 is 23.2 Å². The number of para-hydroxylation sites is 2. The highest BCUT2D eigenvalue weighted by Crippen LogP contribution is 2.27. The molecule has 0 radical (unpaired) electrons. The molecule has 1 amide bonds. The van der Waals surface area contributed by atoms with Gasteiger partial charge in [0.2, 0.25) is 0 Å². The summed E-state index contributed by atoms with van der Waals surface area (Å²) in [7, 11) is 0. The lowest BCUT2D eigenvalue weighted by Gasteiger charge is -2.35. The molecule has 1 aliphatic heterocycles. The minimum absolute atomic E-state index is 0.0766. The van der Waals surface area contributed by atoms with Crippen LogP contribution in [0, 0.1) is 0 Å². The zero-order valence-corrected chi connectivity index (χ0v) is 16.2. The lowest BCUT2D eigenvalue weighted by atomic mass is 10.2. The smallest absolute Gasteiger partial charge is 0.289 e. The van der Waals surface area contributed by atoms with E-state index in [4.69, 9.17) is 9.15 Å². The molecule has 8 nitrogen and oxygen atoms in total. The Labute approximate surface area is 169 Å². The van der Waals surface area contributed by atoms with Gasteiger partial charge < -0.3 is 24.3 Å². The maximum Gasteiger partial charge on any atom is 0.289 e. The van der Waals surface area contributed by atoms with Crippen molar-refractivity contribution in [3.63, 3.8) is 0 Å². The molecule has 29 heavy (non-hydrogen) atoms. The van der Waals surface area contributed by atoms with E-state index in [9.17, 15) is 4.79 Å². The maximum absolute atomic E-state index is 12.4. The number of anilines is 3. The molecule has 150 valence electrons. The monoisotopic (exact) mass is 393 g/mol. The molecule has 3 heterocycles. The third kappa shape index (κ3) is 4.31. The fraction of sp³-hybridized carbons (Fsp3) is 0.286. The summed E-state index contributed by atoms with van der Waals surface area (Å²) in [6.45, 7) is 5.15. The van der Waals surface area contributed by atoms with Gasteiger partial charge in [-0.1, -0.05) is 12.1 Å². The molecular formula is C21H23N5O3. The first-order chi connectivity index (χ1) is 14.2. The first-order valence-corrected chi connectivity index (χ1v) is 9.63. The topological polar surface area (TPSA) is 83.7 Å². The number of nitrogens with zero attached hydrogens (tertiary/aromatic N) is 4. The minimum Gasteiger partial charge on any atom is -0.492 e. The van der Waals surface area contributed by atoms with Crippen molar-refractivity contribution < 1.29 is 13.9 Å². The van der Waals surface area contributed by atoms with E-state index in [1.165, 1.54) is 6.26 Å². The fourth-order valence-corrected chi connectivity index (χ4v) is 3.27. The van der Waals surface area contributed by atoms with E-state index in [0.717, 1.165) is 17.3 Å². The predicted octanol–water partition coefficient (Wildman–Crippen LogP) is 3.17. The van der Waals surface area contributed by atoms with Crippen LogP contribution in [0.1, 0.15) is 17.5 Å². The Bertz CT molecular complexity index is 952. The second kappa shape index (κ2) is 8.64. The standard InChI is InChI=1S/C21H23N5O3/c1-2-28-17-7-4-3-6-16(17)24-19-14-20(23-15-22-19)25-9-11-26(12-10-25)21(27)18-8-5-13-29-18/h3-8,13-15H,2,9-12H2,1H3,(H,22,23,24). The van der Waals surface area contributed by atoms with Crippen molar-refractivity contribution in [1.29, 1.82) is 0 Å². The van der Waals surface area contributed by atoms with Crippen molar-refractivity contribution in [2.24, 2.45) is 0 Å². The molecule has 0 atom stereocenters. The number of carbonyl (C=O) groups is 1. The molecule has 1 aromatic carbocycles. The molecule has 0 aliphatic carbocycles. The normalized spacial score (nSPS) is 14.0. The van der Waals surface area contributed by atoms with Crippen molar-refractivity contribution in [1.82, 2.24) is 14.9 Å².